The molecule has 138 valence electrons. The third-order valence-corrected chi connectivity index (χ3v) is 6.25. The molecular formula is C19H21INO4P. The molecule has 5 nitrogen and oxygen atoms in total. The molecule has 7 heteroatoms. The van der Waals surface area contributed by atoms with Gasteiger partial charge < -0.3 is 14.7 Å². The summed E-state index contributed by atoms with van der Waals surface area (Å²) in [6.45, 7) is 4.30. The second-order valence-electron chi connectivity index (χ2n) is 6.63. The van der Waals surface area contributed by atoms with Crippen LogP contribution >= 0.6 is 31.8 Å². The summed E-state index contributed by atoms with van der Waals surface area (Å²) < 4.78 is 6.75. The molecule has 1 aromatic rings. The van der Waals surface area contributed by atoms with Crippen molar-refractivity contribution in [2.24, 2.45) is 11.8 Å². The molecule has 3 rings (SSSR count). The van der Waals surface area contributed by atoms with Crippen LogP contribution in [0.15, 0.2) is 47.7 Å². The van der Waals surface area contributed by atoms with Crippen molar-refractivity contribution in [3.63, 3.8) is 0 Å². The lowest BCUT2D eigenvalue weighted by Gasteiger charge is -2.47. The minimum Gasteiger partial charge on any atom is -0.488 e. The van der Waals surface area contributed by atoms with Gasteiger partial charge in [-0.2, -0.15) is 0 Å². The predicted octanol–water partition coefficient (Wildman–Crippen LogP) is 3.31. The predicted molar refractivity (Wildman–Crippen MR) is 111 cm³/mol. The number of aliphatic carboxylic acids is 1. The molecule has 1 aromatic carbocycles. The standard InChI is InChI=1S/C19H21INO4P/c1-10-12(6-5-9-25-14-8-4-3-7-13(14)20)17(19(23)24)21-16(10)15(11(2)26)18(21)22/h3-8,10-11,15-16H,9,26H2,1-2H3,(H,23,24)/b6-5+/t10-,11?,15?,16?/m0/s1. The molecule has 4 unspecified atom stereocenters. The molecule has 0 saturated carbocycles. The lowest BCUT2D eigenvalue weighted by Crippen LogP contribution is -2.62. The highest BCUT2D eigenvalue weighted by Gasteiger charge is 2.58. The number of hydrogen-bond acceptors (Lipinski definition) is 3. The average Bonchev–Trinajstić information content (AvgIpc) is 2.82. The van der Waals surface area contributed by atoms with E-state index in [0.717, 1.165) is 9.32 Å². The van der Waals surface area contributed by atoms with Gasteiger partial charge in [0.1, 0.15) is 18.1 Å². The molecule has 1 saturated heterocycles. The van der Waals surface area contributed by atoms with Crippen LogP contribution in [-0.2, 0) is 9.59 Å². The monoisotopic (exact) mass is 485 g/mol. The molecule has 1 amide bonds. The molecule has 26 heavy (non-hydrogen) atoms. The van der Waals surface area contributed by atoms with Gasteiger partial charge in [-0.05, 0) is 52.0 Å². The second kappa shape index (κ2) is 7.69. The molecule has 0 aromatic heterocycles. The maximum absolute atomic E-state index is 12.4. The van der Waals surface area contributed by atoms with Gasteiger partial charge in [0.15, 0.2) is 0 Å². The molecule has 2 aliphatic heterocycles. The Kier molecular flexibility index (Phi) is 5.72. The molecule has 1 fully saturated rings. The van der Waals surface area contributed by atoms with Crippen molar-refractivity contribution in [1.82, 2.24) is 4.90 Å². The summed E-state index contributed by atoms with van der Waals surface area (Å²) in [5.41, 5.74) is 0.920. The van der Waals surface area contributed by atoms with Crippen LogP contribution in [0.1, 0.15) is 13.8 Å². The summed E-state index contributed by atoms with van der Waals surface area (Å²) >= 11 is 2.21. The number of carboxylic acid groups (broad SMARTS) is 1. The van der Waals surface area contributed by atoms with Crippen LogP contribution < -0.4 is 4.74 Å². The van der Waals surface area contributed by atoms with Gasteiger partial charge in [-0.15, -0.1) is 9.24 Å². The van der Waals surface area contributed by atoms with Crippen molar-refractivity contribution >= 4 is 43.7 Å². The highest BCUT2D eigenvalue weighted by atomic mass is 127. The minimum absolute atomic E-state index is 0.0140. The number of benzene rings is 1. The number of amides is 1. The number of para-hydroxylation sites is 1. The Bertz CT molecular complexity index is 804. The normalized spacial score (nSPS) is 26.1. The molecule has 0 spiro atoms. The van der Waals surface area contributed by atoms with E-state index >= 15 is 0 Å². The summed E-state index contributed by atoms with van der Waals surface area (Å²) in [6, 6.07) is 7.64. The van der Waals surface area contributed by atoms with Gasteiger partial charge in [-0.1, -0.05) is 32.1 Å². The molecule has 5 atom stereocenters. The van der Waals surface area contributed by atoms with Gasteiger partial charge in [-0.25, -0.2) is 4.79 Å². The fraction of sp³-hybridized carbons (Fsp3) is 0.368. The third-order valence-electron chi connectivity index (χ3n) is 4.94. The van der Waals surface area contributed by atoms with Crippen LogP contribution in [0.3, 0.4) is 0 Å². The van der Waals surface area contributed by atoms with E-state index in [4.69, 9.17) is 4.74 Å². The number of rotatable bonds is 6. The van der Waals surface area contributed by atoms with Crippen LogP contribution in [-0.4, -0.2) is 40.2 Å². The first-order chi connectivity index (χ1) is 12.3. The number of β-lactam (4-membered cyclic amide) rings is 1. The van der Waals surface area contributed by atoms with E-state index in [9.17, 15) is 14.7 Å². The summed E-state index contributed by atoms with van der Waals surface area (Å²) in [5, 5.41) is 9.61. The molecular weight excluding hydrogens is 464 g/mol. The molecule has 0 radical (unpaired) electrons. The Morgan fingerprint density at radius 2 is 2.15 bits per heavy atom. The molecule has 0 aliphatic carbocycles. The van der Waals surface area contributed by atoms with E-state index in [-0.39, 0.29) is 35.1 Å². The SMILES string of the molecule is CC(P)C1C(=O)N2C(C(=O)O)=C(/C=C/COc3ccccc3I)[C@H](C)C12. The first kappa shape index (κ1) is 19.4. The Balaban J connectivity index is 1.77. The van der Waals surface area contributed by atoms with Gasteiger partial charge in [0.05, 0.1) is 15.5 Å². The van der Waals surface area contributed by atoms with E-state index in [1.807, 2.05) is 44.2 Å². The number of ether oxygens (including phenoxy) is 1. The first-order valence-corrected chi connectivity index (χ1v) is 10.2. The number of fused-ring (bicyclic) bond motifs is 1. The van der Waals surface area contributed by atoms with Crippen LogP contribution in [0.25, 0.3) is 0 Å². The molecule has 2 aliphatic rings. The van der Waals surface area contributed by atoms with E-state index < -0.39 is 5.97 Å². The zero-order valence-corrected chi connectivity index (χ0v) is 17.9. The van der Waals surface area contributed by atoms with E-state index in [1.54, 1.807) is 6.08 Å². The average molecular weight is 485 g/mol. The Hall–Kier alpha value is -1.40. The summed E-state index contributed by atoms with van der Waals surface area (Å²) in [5.74, 6) is -0.515. The number of carboxylic acids is 1. The number of allylic oxidation sites excluding steroid dienone is 1. The van der Waals surface area contributed by atoms with Crippen molar-refractivity contribution in [2.45, 2.75) is 25.5 Å². The lowest BCUT2D eigenvalue weighted by molar-refractivity contribution is -0.156. The zero-order chi connectivity index (χ0) is 19.0. The second-order valence-corrected chi connectivity index (χ2v) is 8.84. The fourth-order valence-corrected chi connectivity index (χ4v) is 4.67. The van der Waals surface area contributed by atoms with Crippen LogP contribution in [0, 0.1) is 15.4 Å². The minimum atomic E-state index is -1.05. The van der Waals surface area contributed by atoms with Crippen LogP contribution in [0.2, 0.25) is 0 Å². The maximum Gasteiger partial charge on any atom is 0.352 e. The van der Waals surface area contributed by atoms with Gasteiger partial charge in [-0.3, -0.25) is 4.79 Å². The number of halogens is 1. The highest BCUT2D eigenvalue weighted by Crippen LogP contribution is 2.48. The maximum atomic E-state index is 12.4. The molecule has 0 bridgehead atoms. The van der Waals surface area contributed by atoms with Crippen molar-refractivity contribution < 1.29 is 19.4 Å². The van der Waals surface area contributed by atoms with E-state index in [0.29, 0.717) is 12.2 Å². The smallest absolute Gasteiger partial charge is 0.352 e. The quantitative estimate of drug-likeness (QED) is 0.382. The third kappa shape index (κ3) is 3.29. The van der Waals surface area contributed by atoms with E-state index in [2.05, 4.69) is 31.8 Å². The van der Waals surface area contributed by atoms with Crippen molar-refractivity contribution in [2.75, 3.05) is 6.61 Å². The Morgan fingerprint density at radius 3 is 2.77 bits per heavy atom. The molecule has 2 heterocycles. The number of carbonyl (C=O) groups is 2. The number of nitrogens with zero attached hydrogens (tertiary/aromatic N) is 1. The number of hydrogen-bond donors (Lipinski definition) is 1. The topological polar surface area (TPSA) is 66.8 Å². The zero-order valence-electron chi connectivity index (χ0n) is 14.6. The highest BCUT2D eigenvalue weighted by molar-refractivity contribution is 14.1. The van der Waals surface area contributed by atoms with Crippen LogP contribution in [0.5, 0.6) is 5.75 Å². The fourth-order valence-electron chi connectivity index (χ4n) is 3.73. The Morgan fingerprint density at radius 1 is 1.46 bits per heavy atom. The summed E-state index contributed by atoms with van der Waals surface area (Å²) in [4.78, 5) is 25.6. The summed E-state index contributed by atoms with van der Waals surface area (Å²) in [7, 11) is 2.66. The van der Waals surface area contributed by atoms with Gasteiger partial charge >= 0.3 is 5.97 Å². The van der Waals surface area contributed by atoms with Crippen molar-refractivity contribution in [1.29, 1.82) is 0 Å². The lowest BCUT2D eigenvalue weighted by atomic mass is 9.79. The Labute approximate surface area is 168 Å². The van der Waals surface area contributed by atoms with Crippen molar-refractivity contribution in [3.8, 4) is 5.75 Å². The molecule has 1 N–H and O–H groups in total. The van der Waals surface area contributed by atoms with Crippen molar-refractivity contribution in [3.05, 3.63) is 51.3 Å². The first-order valence-electron chi connectivity index (χ1n) is 8.44. The van der Waals surface area contributed by atoms with Crippen LogP contribution in [0.4, 0.5) is 0 Å². The summed E-state index contributed by atoms with van der Waals surface area (Å²) in [6.07, 6.45) is 3.60. The van der Waals surface area contributed by atoms with Gasteiger partial charge in [0.2, 0.25) is 5.91 Å². The van der Waals surface area contributed by atoms with Gasteiger partial charge in [0.25, 0.3) is 0 Å². The largest absolute Gasteiger partial charge is 0.488 e. The number of carbonyl (C=O) groups excluding carboxylic acids is 1. The van der Waals surface area contributed by atoms with E-state index in [1.165, 1.54) is 4.90 Å². The van der Waals surface area contributed by atoms with Gasteiger partial charge in [0, 0.05) is 5.92 Å².